The molecule has 11 heteroatoms. The molecule has 0 saturated carbocycles. The minimum Gasteiger partial charge on any atom is -0.467 e. The van der Waals surface area contributed by atoms with Gasteiger partial charge in [0.15, 0.2) is 0 Å². The Morgan fingerprint density at radius 3 is 2.64 bits per heavy atom. The molecule has 10 nitrogen and oxygen atoms in total. The number of furan rings is 1. The normalized spacial score (nSPS) is 15.3. The third-order valence-corrected chi connectivity index (χ3v) is 4.92. The highest BCUT2D eigenvalue weighted by Crippen LogP contribution is 2.28. The van der Waals surface area contributed by atoms with E-state index in [0.717, 1.165) is 0 Å². The SMILES string of the molecule is CCOC(=O)C1=C(COC(=O)CCNC(=O)c2ccccc2Cl)NC(=O)NC1c1ccco1. The molecule has 3 N–H and O–H groups in total. The summed E-state index contributed by atoms with van der Waals surface area (Å²) in [5.74, 6) is -1.44. The smallest absolute Gasteiger partial charge is 0.338 e. The summed E-state index contributed by atoms with van der Waals surface area (Å²) in [4.78, 5) is 49.0. The number of nitrogens with one attached hydrogen (secondary N) is 3. The van der Waals surface area contributed by atoms with Crippen LogP contribution >= 0.6 is 11.6 Å². The van der Waals surface area contributed by atoms with Gasteiger partial charge in [-0.2, -0.15) is 0 Å². The predicted octanol–water partition coefficient (Wildman–Crippen LogP) is 2.47. The van der Waals surface area contributed by atoms with Gasteiger partial charge >= 0.3 is 18.0 Å². The fourth-order valence-corrected chi connectivity index (χ4v) is 3.32. The van der Waals surface area contributed by atoms with Crippen molar-refractivity contribution in [2.24, 2.45) is 0 Å². The van der Waals surface area contributed by atoms with Crippen LogP contribution in [0, 0.1) is 0 Å². The fraction of sp³-hybridized carbons (Fsp3) is 0.273. The van der Waals surface area contributed by atoms with Gasteiger partial charge in [-0.25, -0.2) is 9.59 Å². The highest BCUT2D eigenvalue weighted by Gasteiger charge is 2.35. The molecule has 1 aliphatic heterocycles. The van der Waals surface area contributed by atoms with Crippen molar-refractivity contribution in [3.05, 3.63) is 70.3 Å². The van der Waals surface area contributed by atoms with E-state index in [1.807, 2.05) is 0 Å². The Hall–Kier alpha value is -3.79. The van der Waals surface area contributed by atoms with Crippen molar-refractivity contribution in [1.29, 1.82) is 0 Å². The Balaban J connectivity index is 1.63. The van der Waals surface area contributed by atoms with Gasteiger partial charge in [-0.3, -0.25) is 9.59 Å². The summed E-state index contributed by atoms with van der Waals surface area (Å²) < 4.78 is 15.6. The molecule has 1 aromatic carbocycles. The molecule has 1 aliphatic rings. The van der Waals surface area contributed by atoms with Crippen molar-refractivity contribution in [3.63, 3.8) is 0 Å². The molecule has 2 heterocycles. The molecule has 0 spiro atoms. The molecule has 33 heavy (non-hydrogen) atoms. The maximum Gasteiger partial charge on any atom is 0.338 e. The molecule has 1 unspecified atom stereocenters. The van der Waals surface area contributed by atoms with E-state index in [0.29, 0.717) is 10.8 Å². The summed E-state index contributed by atoms with van der Waals surface area (Å²) in [6.45, 7) is 1.39. The first-order valence-corrected chi connectivity index (χ1v) is 10.5. The predicted molar refractivity (Wildman–Crippen MR) is 116 cm³/mol. The number of halogens is 1. The van der Waals surface area contributed by atoms with Crippen LogP contribution in [0.15, 0.2) is 58.3 Å². The topological polar surface area (TPSA) is 136 Å². The van der Waals surface area contributed by atoms with E-state index in [2.05, 4.69) is 16.0 Å². The summed E-state index contributed by atoms with van der Waals surface area (Å²) in [5.41, 5.74) is 0.427. The first-order chi connectivity index (χ1) is 15.9. The van der Waals surface area contributed by atoms with Gasteiger partial charge < -0.3 is 29.8 Å². The zero-order chi connectivity index (χ0) is 23.8. The van der Waals surface area contributed by atoms with Crippen LogP contribution in [0.1, 0.15) is 35.5 Å². The number of carbonyl (C=O) groups is 4. The molecule has 0 bridgehead atoms. The summed E-state index contributed by atoms with van der Waals surface area (Å²) in [6.07, 6.45) is 1.27. The Morgan fingerprint density at radius 2 is 1.94 bits per heavy atom. The molecule has 3 rings (SSSR count). The molecule has 2 aromatic rings. The van der Waals surface area contributed by atoms with Gasteiger partial charge in [-0.1, -0.05) is 23.7 Å². The van der Waals surface area contributed by atoms with Crippen LogP contribution in [0.5, 0.6) is 0 Å². The Bertz CT molecular complexity index is 1070. The minimum absolute atomic E-state index is 0.00953. The van der Waals surface area contributed by atoms with Crippen LogP contribution in [0.4, 0.5) is 4.79 Å². The summed E-state index contributed by atoms with van der Waals surface area (Å²) in [6, 6.07) is 8.24. The van der Waals surface area contributed by atoms with Crippen LogP contribution in [0.3, 0.4) is 0 Å². The third kappa shape index (κ3) is 6.13. The number of urea groups is 1. The van der Waals surface area contributed by atoms with Crippen LogP contribution < -0.4 is 16.0 Å². The van der Waals surface area contributed by atoms with E-state index in [4.69, 9.17) is 25.5 Å². The molecular weight excluding hydrogens is 454 g/mol. The van der Waals surface area contributed by atoms with Crippen molar-refractivity contribution in [1.82, 2.24) is 16.0 Å². The second-order valence-electron chi connectivity index (χ2n) is 6.81. The fourth-order valence-electron chi connectivity index (χ4n) is 3.09. The number of ether oxygens (including phenoxy) is 2. The zero-order valence-corrected chi connectivity index (χ0v) is 18.4. The molecule has 0 radical (unpaired) electrons. The number of esters is 2. The average Bonchev–Trinajstić information content (AvgIpc) is 3.32. The molecule has 1 atom stereocenters. The lowest BCUT2D eigenvalue weighted by Gasteiger charge is -2.27. The molecular formula is C22H22ClN3O7. The second kappa shape index (κ2) is 11.2. The average molecular weight is 476 g/mol. The van der Waals surface area contributed by atoms with E-state index in [1.54, 1.807) is 43.3 Å². The van der Waals surface area contributed by atoms with Crippen molar-refractivity contribution in [2.75, 3.05) is 19.8 Å². The number of amides is 3. The summed E-state index contributed by atoms with van der Waals surface area (Å²) in [7, 11) is 0. The molecule has 1 aromatic heterocycles. The number of hydrogen-bond acceptors (Lipinski definition) is 7. The largest absolute Gasteiger partial charge is 0.467 e. The number of rotatable bonds is 9. The quantitative estimate of drug-likeness (QED) is 0.474. The van der Waals surface area contributed by atoms with Gasteiger partial charge in [0.1, 0.15) is 18.4 Å². The number of carbonyl (C=O) groups excluding carboxylic acids is 4. The van der Waals surface area contributed by atoms with Crippen molar-refractivity contribution < 1.29 is 33.1 Å². The van der Waals surface area contributed by atoms with E-state index in [9.17, 15) is 19.2 Å². The van der Waals surface area contributed by atoms with Crippen LogP contribution in [0.2, 0.25) is 5.02 Å². The summed E-state index contributed by atoms with van der Waals surface area (Å²) >= 11 is 5.98. The standard InChI is InChI=1S/C22H22ClN3O7/c1-2-31-21(29)18-15(25-22(30)26-19(18)16-8-5-11-32-16)12-33-17(27)9-10-24-20(28)13-6-3-4-7-14(13)23/h3-8,11,19H,2,9-10,12H2,1H3,(H,24,28)(H2,25,26,30). The second-order valence-corrected chi connectivity index (χ2v) is 7.21. The molecule has 3 amide bonds. The number of benzene rings is 1. The van der Waals surface area contributed by atoms with Gasteiger partial charge in [-0.05, 0) is 31.2 Å². The van der Waals surface area contributed by atoms with Gasteiger partial charge in [0.05, 0.1) is 41.1 Å². The first kappa shape index (κ1) is 23.9. The van der Waals surface area contributed by atoms with E-state index in [1.165, 1.54) is 6.26 Å². The summed E-state index contributed by atoms with van der Waals surface area (Å²) in [5, 5.41) is 7.95. The molecule has 0 fully saturated rings. The third-order valence-electron chi connectivity index (χ3n) is 4.59. The molecule has 0 saturated heterocycles. The van der Waals surface area contributed by atoms with E-state index >= 15 is 0 Å². The minimum atomic E-state index is -0.906. The van der Waals surface area contributed by atoms with Gasteiger partial charge in [0.25, 0.3) is 5.91 Å². The van der Waals surface area contributed by atoms with E-state index < -0.39 is 29.9 Å². The Labute approximate surface area is 194 Å². The highest BCUT2D eigenvalue weighted by molar-refractivity contribution is 6.33. The van der Waals surface area contributed by atoms with Gasteiger partial charge in [-0.15, -0.1) is 0 Å². The van der Waals surface area contributed by atoms with Gasteiger partial charge in [0, 0.05) is 6.54 Å². The molecule has 0 aliphatic carbocycles. The maximum absolute atomic E-state index is 12.6. The first-order valence-electron chi connectivity index (χ1n) is 10.1. The number of hydrogen-bond donors (Lipinski definition) is 3. The van der Waals surface area contributed by atoms with Crippen molar-refractivity contribution in [3.8, 4) is 0 Å². The Morgan fingerprint density at radius 1 is 1.15 bits per heavy atom. The van der Waals surface area contributed by atoms with Crippen molar-refractivity contribution in [2.45, 2.75) is 19.4 Å². The van der Waals surface area contributed by atoms with Gasteiger partial charge in [0.2, 0.25) is 0 Å². The lowest BCUT2D eigenvalue weighted by Crippen LogP contribution is -2.47. The molecule has 174 valence electrons. The monoisotopic (exact) mass is 475 g/mol. The maximum atomic E-state index is 12.6. The Kier molecular flexibility index (Phi) is 8.09. The lowest BCUT2D eigenvalue weighted by molar-refractivity contribution is -0.143. The van der Waals surface area contributed by atoms with Crippen LogP contribution in [-0.2, 0) is 19.1 Å². The van der Waals surface area contributed by atoms with Crippen LogP contribution in [-0.4, -0.2) is 43.6 Å². The highest BCUT2D eigenvalue weighted by atomic mass is 35.5. The van der Waals surface area contributed by atoms with Crippen molar-refractivity contribution >= 4 is 35.5 Å². The zero-order valence-electron chi connectivity index (χ0n) is 17.7. The van der Waals surface area contributed by atoms with Crippen LogP contribution in [0.25, 0.3) is 0 Å². The lowest BCUT2D eigenvalue weighted by atomic mass is 10.0. The van der Waals surface area contributed by atoms with E-state index in [-0.39, 0.29) is 43.0 Å².